The number of H-pyrrole nitrogens is 1. The molecule has 1 aliphatic heterocycles. The summed E-state index contributed by atoms with van der Waals surface area (Å²) >= 11 is 0. The minimum Gasteiger partial charge on any atom is -0.354 e. The molecule has 3 heterocycles. The molecular formula is C19H27N5O. The van der Waals surface area contributed by atoms with Crippen LogP contribution in [0.25, 0.3) is 0 Å². The van der Waals surface area contributed by atoms with Gasteiger partial charge >= 0.3 is 0 Å². The minimum atomic E-state index is -0.228. The third kappa shape index (κ3) is 4.25. The summed E-state index contributed by atoms with van der Waals surface area (Å²) in [4.78, 5) is 19.3. The molecule has 0 bridgehead atoms. The molecule has 2 N–H and O–H groups in total. The first kappa shape index (κ1) is 17.6. The Labute approximate surface area is 149 Å². The van der Waals surface area contributed by atoms with Crippen LogP contribution in [0.15, 0.2) is 24.5 Å². The van der Waals surface area contributed by atoms with Crippen LogP contribution in [-0.4, -0.2) is 45.6 Å². The topological polar surface area (TPSA) is 73.9 Å². The van der Waals surface area contributed by atoms with E-state index < -0.39 is 0 Å². The fourth-order valence-corrected chi connectivity index (χ4v) is 3.58. The fraction of sp³-hybridized carbons (Fsp3) is 0.526. The lowest BCUT2D eigenvalue weighted by atomic mass is 10.1. The average molecular weight is 341 g/mol. The van der Waals surface area contributed by atoms with E-state index in [1.807, 2.05) is 26.0 Å². The first-order valence-corrected chi connectivity index (χ1v) is 9.09. The van der Waals surface area contributed by atoms with E-state index in [0.717, 1.165) is 55.7 Å². The maximum atomic E-state index is 12.8. The second-order valence-corrected chi connectivity index (χ2v) is 6.74. The molecule has 0 unspecified atom stereocenters. The van der Waals surface area contributed by atoms with Crippen molar-refractivity contribution in [3.8, 4) is 0 Å². The smallest absolute Gasteiger partial charge is 0.242 e. The molecule has 1 amide bonds. The molecule has 3 rings (SSSR count). The van der Waals surface area contributed by atoms with Gasteiger partial charge in [-0.25, -0.2) is 0 Å². The van der Waals surface area contributed by atoms with Gasteiger partial charge in [0.15, 0.2) is 0 Å². The Balaban J connectivity index is 1.57. The van der Waals surface area contributed by atoms with Crippen LogP contribution in [-0.2, 0) is 11.2 Å². The predicted molar refractivity (Wildman–Crippen MR) is 97.2 cm³/mol. The van der Waals surface area contributed by atoms with Crippen molar-refractivity contribution in [2.45, 2.75) is 45.6 Å². The zero-order valence-electron chi connectivity index (χ0n) is 15.1. The molecule has 1 fully saturated rings. The van der Waals surface area contributed by atoms with E-state index in [1.54, 1.807) is 12.4 Å². The van der Waals surface area contributed by atoms with Crippen LogP contribution in [0.1, 0.15) is 47.8 Å². The van der Waals surface area contributed by atoms with E-state index in [-0.39, 0.29) is 11.9 Å². The minimum absolute atomic E-state index is 0.0792. The molecule has 25 heavy (non-hydrogen) atoms. The van der Waals surface area contributed by atoms with Crippen LogP contribution in [0.5, 0.6) is 0 Å². The number of hydrogen-bond donors (Lipinski definition) is 2. The summed E-state index contributed by atoms with van der Waals surface area (Å²) in [6, 6.07) is 3.66. The Bertz CT molecular complexity index is 672. The van der Waals surface area contributed by atoms with E-state index in [2.05, 4.69) is 25.4 Å². The van der Waals surface area contributed by atoms with Gasteiger partial charge in [0.05, 0.1) is 5.69 Å². The highest BCUT2D eigenvalue weighted by Crippen LogP contribution is 2.24. The first-order chi connectivity index (χ1) is 12.2. The van der Waals surface area contributed by atoms with E-state index in [4.69, 9.17) is 0 Å². The van der Waals surface area contributed by atoms with Crippen molar-refractivity contribution >= 4 is 5.91 Å². The number of rotatable bonds is 7. The van der Waals surface area contributed by atoms with E-state index in [9.17, 15) is 4.79 Å². The molecule has 0 aromatic carbocycles. The van der Waals surface area contributed by atoms with Gasteiger partial charge in [-0.1, -0.05) is 6.07 Å². The van der Waals surface area contributed by atoms with Crippen LogP contribution in [0.3, 0.4) is 0 Å². The van der Waals surface area contributed by atoms with Gasteiger partial charge in [0.25, 0.3) is 0 Å². The molecule has 0 radical (unpaired) electrons. The molecule has 134 valence electrons. The number of nitrogens with zero attached hydrogens (tertiary/aromatic N) is 3. The van der Waals surface area contributed by atoms with E-state index in [0.29, 0.717) is 6.54 Å². The van der Waals surface area contributed by atoms with Crippen LogP contribution in [0, 0.1) is 13.8 Å². The van der Waals surface area contributed by atoms with Crippen molar-refractivity contribution in [1.29, 1.82) is 0 Å². The molecule has 6 heteroatoms. The van der Waals surface area contributed by atoms with Gasteiger partial charge in [0, 0.05) is 24.6 Å². The monoisotopic (exact) mass is 341 g/mol. The average Bonchev–Trinajstić information content (AvgIpc) is 3.25. The molecule has 1 atom stereocenters. The van der Waals surface area contributed by atoms with Crippen molar-refractivity contribution in [3.63, 3.8) is 0 Å². The van der Waals surface area contributed by atoms with Gasteiger partial charge in [0.1, 0.15) is 6.04 Å². The van der Waals surface area contributed by atoms with Gasteiger partial charge in [-0.15, -0.1) is 0 Å². The summed E-state index contributed by atoms with van der Waals surface area (Å²) in [5.74, 6) is 0.0792. The number of aromatic amines is 1. The van der Waals surface area contributed by atoms with E-state index in [1.165, 1.54) is 5.56 Å². The molecule has 1 aliphatic rings. The molecule has 2 aromatic heterocycles. The zero-order valence-corrected chi connectivity index (χ0v) is 15.1. The number of nitrogens with one attached hydrogen (secondary N) is 2. The maximum Gasteiger partial charge on any atom is 0.242 e. The van der Waals surface area contributed by atoms with Crippen LogP contribution >= 0.6 is 0 Å². The van der Waals surface area contributed by atoms with Gasteiger partial charge in [-0.05, 0) is 69.8 Å². The summed E-state index contributed by atoms with van der Waals surface area (Å²) < 4.78 is 0. The second-order valence-electron chi connectivity index (χ2n) is 6.74. The van der Waals surface area contributed by atoms with Crippen LogP contribution in [0.4, 0.5) is 0 Å². The van der Waals surface area contributed by atoms with Gasteiger partial charge in [0.2, 0.25) is 5.91 Å². The van der Waals surface area contributed by atoms with E-state index >= 15 is 0 Å². The van der Waals surface area contributed by atoms with Gasteiger partial charge in [-0.3, -0.25) is 19.8 Å². The molecule has 0 saturated carbocycles. The Morgan fingerprint density at radius 1 is 1.36 bits per heavy atom. The number of carbonyl (C=O) groups is 1. The molecule has 0 aliphatic carbocycles. The van der Waals surface area contributed by atoms with Crippen LogP contribution in [0.2, 0.25) is 0 Å². The number of aryl methyl sites for hydroxylation is 2. The van der Waals surface area contributed by atoms with Crippen molar-refractivity contribution < 1.29 is 4.79 Å². The van der Waals surface area contributed by atoms with Crippen molar-refractivity contribution in [2.75, 3.05) is 19.6 Å². The Morgan fingerprint density at radius 2 is 2.16 bits per heavy atom. The molecule has 0 spiro atoms. The maximum absolute atomic E-state index is 12.8. The number of carbonyl (C=O) groups excluding carboxylic acids is 1. The lowest BCUT2D eigenvalue weighted by molar-refractivity contribution is -0.126. The van der Waals surface area contributed by atoms with Gasteiger partial charge in [-0.2, -0.15) is 5.10 Å². The number of hydrogen-bond acceptors (Lipinski definition) is 4. The molecule has 1 saturated heterocycles. The quantitative estimate of drug-likeness (QED) is 0.758. The van der Waals surface area contributed by atoms with Crippen LogP contribution < -0.4 is 5.32 Å². The summed E-state index contributed by atoms with van der Waals surface area (Å²) in [7, 11) is 0. The summed E-state index contributed by atoms with van der Waals surface area (Å²) in [6.07, 6.45) is 7.70. The summed E-state index contributed by atoms with van der Waals surface area (Å²) in [6.45, 7) is 6.68. The fourth-order valence-electron chi connectivity index (χ4n) is 3.58. The third-order valence-electron chi connectivity index (χ3n) is 4.94. The lowest BCUT2D eigenvalue weighted by Crippen LogP contribution is -2.39. The highest BCUT2D eigenvalue weighted by molar-refractivity contribution is 5.83. The van der Waals surface area contributed by atoms with Crippen molar-refractivity contribution in [3.05, 3.63) is 47.0 Å². The highest BCUT2D eigenvalue weighted by atomic mass is 16.2. The Morgan fingerprint density at radius 3 is 2.80 bits per heavy atom. The third-order valence-corrected chi connectivity index (χ3v) is 4.94. The standard InChI is InChI=1S/C19H27N5O/c1-14-17(15(2)23-22-14)8-6-10-21-19(25)18(24-11-3-4-12-24)16-7-5-9-20-13-16/h5,7,9,13,18H,3-4,6,8,10-12H2,1-2H3,(H,21,25)(H,22,23)/t18-/m0/s1. The number of pyridine rings is 1. The SMILES string of the molecule is Cc1n[nH]c(C)c1CCCNC(=O)[C@H](c1cccnc1)N1CCCC1. The van der Waals surface area contributed by atoms with Crippen molar-refractivity contribution in [1.82, 2.24) is 25.4 Å². The highest BCUT2D eigenvalue weighted by Gasteiger charge is 2.29. The summed E-state index contributed by atoms with van der Waals surface area (Å²) in [5, 5.41) is 10.4. The van der Waals surface area contributed by atoms with Crippen molar-refractivity contribution in [2.24, 2.45) is 0 Å². The number of aromatic nitrogens is 3. The molecule has 2 aromatic rings. The molecular weight excluding hydrogens is 314 g/mol. The first-order valence-electron chi connectivity index (χ1n) is 9.09. The number of amides is 1. The molecule has 6 nitrogen and oxygen atoms in total. The normalized spacial score (nSPS) is 16.1. The van der Waals surface area contributed by atoms with Gasteiger partial charge < -0.3 is 5.32 Å². The zero-order chi connectivity index (χ0) is 17.6. The largest absolute Gasteiger partial charge is 0.354 e. The Kier molecular flexibility index (Phi) is 5.81. The predicted octanol–water partition coefficient (Wildman–Crippen LogP) is 2.31. The number of likely N-dealkylation sites (tertiary alicyclic amines) is 1. The lowest BCUT2D eigenvalue weighted by Gasteiger charge is -2.26. The second kappa shape index (κ2) is 8.25. The Hall–Kier alpha value is -2.21. The summed E-state index contributed by atoms with van der Waals surface area (Å²) in [5.41, 5.74) is 4.41.